The summed E-state index contributed by atoms with van der Waals surface area (Å²) in [6, 6.07) is 0. The minimum Gasteiger partial charge on any atom is -0.463 e. The van der Waals surface area contributed by atoms with Crippen LogP contribution in [0.4, 0.5) is 0 Å². The third-order valence-electron chi connectivity index (χ3n) is 6.57. The quantitative estimate of drug-likeness (QED) is 0.0319. The number of carbonyl (C=O) groups excluding carboxylic acids is 3. The van der Waals surface area contributed by atoms with Crippen molar-refractivity contribution in [3.63, 3.8) is 0 Å². The minimum atomic E-state index is -4.82. The van der Waals surface area contributed by atoms with Gasteiger partial charge < -0.3 is 29.1 Å². The molecule has 0 saturated carbocycles. The van der Waals surface area contributed by atoms with Crippen LogP contribution in [0.25, 0.3) is 0 Å². The van der Waals surface area contributed by atoms with E-state index in [2.05, 4.69) is 16.0 Å². The highest BCUT2D eigenvalue weighted by Gasteiger charge is 2.28. The molecule has 0 aromatic rings. The number of esters is 3. The predicted octanol–water partition coefficient (Wildman–Crippen LogP) is 5.91. The molecule has 0 rings (SSSR count). The van der Waals surface area contributed by atoms with Gasteiger partial charge in [0.1, 0.15) is 19.3 Å². The fourth-order valence-electron chi connectivity index (χ4n) is 3.92. The molecule has 0 aliphatic heterocycles. The fourth-order valence-corrected chi connectivity index (χ4v) is 5.45. The first-order chi connectivity index (χ1) is 22.3. The molecule has 0 spiro atoms. The maximum absolute atomic E-state index is 12.4. The maximum Gasteiger partial charge on any atom is 0.472 e. The van der Waals surface area contributed by atoms with Crippen molar-refractivity contribution < 1.29 is 70.7 Å². The number of aliphatic hydroxyl groups is 1. The van der Waals surface area contributed by atoms with Crippen LogP contribution in [-0.2, 0) is 55.8 Å². The van der Waals surface area contributed by atoms with Gasteiger partial charge in [0.15, 0.2) is 6.10 Å². The smallest absolute Gasteiger partial charge is 0.463 e. The van der Waals surface area contributed by atoms with Gasteiger partial charge in [0.25, 0.3) is 0 Å². The third kappa shape index (κ3) is 29.2. The van der Waals surface area contributed by atoms with Crippen molar-refractivity contribution in [2.24, 2.45) is 0 Å². The van der Waals surface area contributed by atoms with Gasteiger partial charge in [-0.15, -0.1) is 0 Å². The monoisotopic (exact) mass is 720 g/mol. The molecule has 0 heterocycles. The van der Waals surface area contributed by atoms with Crippen LogP contribution in [0.5, 0.6) is 0 Å². The summed E-state index contributed by atoms with van der Waals surface area (Å²) >= 11 is 0. The number of hydrogen-bond donors (Lipinski definition) is 3. The summed E-state index contributed by atoms with van der Waals surface area (Å²) in [6.45, 7) is 2.78. The molecule has 15 nitrogen and oxygen atoms in total. The zero-order chi connectivity index (χ0) is 35.4. The van der Waals surface area contributed by atoms with E-state index >= 15 is 0 Å². The zero-order valence-electron chi connectivity index (χ0n) is 28.3. The Hall–Kier alpha value is -1.41. The summed E-state index contributed by atoms with van der Waals surface area (Å²) in [5.74, 6) is -1.54. The largest absolute Gasteiger partial charge is 0.472 e. The van der Waals surface area contributed by atoms with E-state index in [1.807, 2.05) is 13.8 Å². The molecular weight excluding hydrogens is 662 g/mol. The second kappa shape index (κ2) is 28.4. The van der Waals surface area contributed by atoms with Crippen molar-refractivity contribution in [3.05, 3.63) is 0 Å². The first-order valence-electron chi connectivity index (χ1n) is 16.8. The Morgan fingerprint density at radius 1 is 0.532 bits per heavy atom. The molecule has 0 bridgehead atoms. The second-order valence-corrected chi connectivity index (χ2v) is 14.0. The Balaban J connectivity index is 4.63. The Bertz CT molecular complexity index is 933. The van der Waals surface area contributed by atoms with Gasteiger partial charge in [-0.3, -0.25) is 32.5 Å². The van der Waals surface area contributed by atoms with Crippen LogP contribution in [0.2, 0.25) is 0 Å². The summed E-state index contributed by atoms with van der Waals surface area (Å²) in [6.07, 6.45) is 9.37. The molecule has 47 heavy (non-hydrogen) atoms. The van der Waals surface area contributed by atoms with E-state index in [0.29, 0.717) is 19.3 Å². The number of ether oxygens (including phenoxy) is 3. The molecule has 3 N–H and O–H groups in total. The van der Waals surface area contributed by atoms with Crippen LogP contribution in [-0.4, -0.2) is 84.7 Å². The molecule has 0 aromatic carbocycles. The van der Waals surface area contributed by atoms with E-state index in [1.165, 1.54) is 0 Å². The molecule has 17 heteroatoms. The lowest BCUT2D eigenvalue weighted by Crippen LogP contribution is -2.30. The van der Waals surface area contributed by atoms with Gasteiger partial charge >= 0.3 is 33.6 Å². The number of aliphatic hydroxyl groups excluding tert-OH is 1. The van der Waals surface area contributed by atoms with E-state index in [4.69, 9.17) is 23.3 Å². The fraction of sp³-hybridized carbons (Fsp3) is 0.900. The highest BCUT2D eigenvalue weighted by molar-refractivity contribution is 7.47. The first kappa shape index (κ1) is 45.6. The van der Waals surface area contributed by atoms with Crippen LogP contribution in [0.15, 0.2) is 0 Å². The number of unbranched alkanes of at least 4 members (excludes halogenated alkanes) is 10. The Morgan fingerprint density at radius 3 is 1.49 bits per heavy atom. The van der Waals surface area contributed by atoms with Gasteiger partial charge in [-0.05, 0) is 19.3 Å². The van der Waals surface area contributed by atoms with Crippen molar-refractivity contribution in [2.45, 2.75) is 136 Å². The molecule has 0 amide bonds. The van der Waals surface area contributed by atoms with Crippen LogP contribution in [0, 0.1) is 0 Å². The van der Waals surface area contributed by atoms with Crippen molar-refractivity contribution in [1.82, 2.24) is 0 Å². The Labute approximate surface area is 279 Å². The molecule has 0 aromatic heterocycles. The van der Waals surface area contributed by atoms with Gasteiger partial charge in [-0.25, -0.2) is 9.13 Å². The highest BCUT2D eigenvalue weighted by Crippen LogP contribution is 2.45. The average Bonchev–Trinajstić information content (AvgIpc) is 3.03. The molecule has 0 radical (unpaired) electrons. The maximum atomic E-state index is 12.4. The third-order valence-corrected chi connectivity index (χ3v) is 8.50. The van der Waals surface area contributed by atoms with Gasteiger partial charge in [-0.1, -0.05) is 85.0 Å². The van der Waals surface area contributed by atoms with Crippen LogP contribution in [0.1, 0.15) is 124 Å². The van der Waals surface area contributed by atoms with E-state index < -0.39 is 78.8 Å². The Morgan fingerprint density at radius 2 is 0.957 bits per heavy atom. The molecule has 0 aliphatic carbocycles. The van der Waals surface area contributed by atoms with Gasteiger partial charge in [0.2, 0.25) is 0 Å². The lowest BCUT2D eigenvalue weighted by molar-refractivity contribution is -0.161. The molecule has 278 valence electrons. The van der Waals surface area contributed by atoms with E-state index in [1.54, 1.807) is 0 Å². The number of carbonyl (C=O) groups is 3. The van der Waals surface area contributed by atoms with Gasteiger partial charge in [-0.2, -0.15) is 0 Å². The molecule has 0 aliphatic rings. The second-order valence-electron chi connectivity index (χ2n) is 11.1. The number of rotatable bonds is 32. The summed E-state index contributed by atoms with van der Waals surface area (Å²) < 4.78 is 58.8. The number of hydrogen-bond acceptors (Lipinski definition) is 13. The van der Waals surface area contributed by atoms with Crippen molar-refractivity contribution in [1.29, 1.82) is 0 Å². The highest BCUT2D eigenvalue weighted by atomic mass is 31.2. The number of phosphoric ester groups is 2. The average molecular weight is 721 g/mol. The normalized spacial score (nSPS) is 15.3. The predicted molar refractivity (Wildman–Crippen MR) is 172 cm³/mol. The zero-order valence-corrected chi connectivity index (χ0v) is 30.1. The van der Waals surface area contributed by atoms with Gasteiger partial charge in [0, 0.05) is 19.3 Å². The summed E-state index contributed by atoms with van der Waals surface area (Å²) in [4.78, 5) is 55.8. The van der Waals surface area contributed by atoms with E-state index in [9.17, 15) is 38.4 Å². The SMILES string of the molecule is CCCCCCCC(=O)OC[C@H](COP(=O)(O)OC[C@@H](O)COP(=O)(O)OCCOC(=O)CCCCCC)OC(=O)CCCCCC. The molecule has 0 fully saturated rings. The number of phosphoric acid groups is 2. The lowest BCUT2D eigenvalue weighted by atomic mass is 10.1. The molecular formula is C30H58O15P2. The minimum absolute atomic E-state index is 0.115. The van der Waals surface area contributed by atoms with Crippen LogP contribution < -0.4 is 0 Å². The molecule has 0 saturated heterocycles. The van der Waals surface area contributed by atoms with Crippen LogP contribution in [0.3, 0.4) is 0 Å². The van der Waals surface area contributed by atoms with Crippen molar-refractivity contribution in [3.8, 4) is 0 Å². The van der Waals surface area contributed by atoms with Crippen molar-refractivity contribution in [2.75, 3.05) is 39.6 Å². The van der Waals surface area contributed by atoms with E-state index in [0.717, 1.165) is 64.2 Å². The summed E-state index contributed by atoms with van der Waals surface area (Å²) in [5, 5.41) is 10.00. The van der Waals surface area contributed by atoms with Crippen LogP contribution >= 0.6 is 15.6 Å². The van der Waals surface area contributed by atoms with Gasteiger partial charge in [0.05, 0.1) is 26.4 Å². The summed E-state index contributed by atoms with van der Waals surface area (Å²) in [5.41, 5.74) is 0. The van der Waals surface area contributed by atoms with E-state index in [-0.39, 0.29) is 25.9 Å². The molecule has 2 unspecified atom stereocenters. The van der Waals surface area contributed by atoms with Crippen molar-refractivity contribution >= 4 is 33.6 Å². The molecule has 4 atom stereocenters. The topological polar surface area (TPSA) is 211 Å². The Kier molecular flexibility index (Phi) is 27.6. The summed E-state index contributed by atoms with van der Waals surface area (Å²) in [7, 11) is -9.46. The lowest BCUT2D eigenvalue weighted by Gasteiger charge is -2.20. The standard InChI is InChI=1S/C30H58O15P2/c1-4-7-10-13-16-18-29(33)40-24-27(45-30(34)19-15-12-9-6-3)25-44-47(37,38)43-23-26(31)22-42-46(35,36)41-21-20-39-28(32)17-14-11-8-5-2/h26-27,31H,4-25H2,1-3H3,(H,35,36)(H,37,38)/t26-,27+/m0/s1. The first-order valence-corrected chi connectivity index (χ1v) is 19.8.